The highest BCUT2D eigenvalue weighted by Gasteiger charge is 2.29. The Balaban J connectivity index is 1.38. The number of nitrogens with one attached hydrogen (secondary N) is 2. The zero-order valence-electron chi connectivity index (χ0n) is 17.9. The predicted octanol–water partition coefficient (Wildman–Crippen LogP) is 3.98. The zero-order chi connectivity index (χ0) is 22.8. The zero-order valence-corrected chi connectivity index (χ0v) is 18.6. The molecule has 1 saturated heterocycles. The van der Waals surface area contributed by atoms with E-state index in [2.05, 4.69) is 32.3 Å². The summed E-state index contributed by atoms with van der Waals surface area (Å²) < 4.78 is 10.7. The van der Waals surface area contributed by atoms with E-state index in [-0.39, 0.29) is 5.69 Å². The minimum atomic E-state index is -0.394. The molecule has 1 aliphatic heterocycles. The van der Waals surface area contributed by atoms with Gasteiger partial charge in [-0.1, -0.05) is 23.3 Å². The Labute approximate surface area is 195 Å². The molecule has 0 bridgehead atoms. The summed E-state index contributed by atoms with van der Waals surface area (Å²) in [5.74, 6) is 1.82. The second-order valence-electron chi connectivity index (χ2n) is 7.99. The Morgan fingerprint density at radius 2 is 1.85 bits per heavy atom. The van der Waals surface area contributed by atoms with Crippen LogP contribution >= 0.6 is 11.6 Å². The summed E-state index contributed by atoms with van der Waals surface area (Å²) in [4.78, 5) is 24.0. The number of hydrogen-bond acceptors (Lipinski definition) is 8. The van der Waals surface area contributed by atoms with E-state index in [0.29, 0.717) is 60.4 Å². The van der Waals surface area contributed by atoms with Gasteiger partial charge < -0.3 is 24.8 Å². The van der Waals surface area contributed by atoms with Gasteiger partial charge in [0.1, 0.15) is 11.6 Å². The summed E-state index contributed by atoms with van der Waals surface area (Å²) in [5.41, 5.74) is 1.87. The van der Waals surface area contributed by atoms with Crippen molar-refractivity contribution in [2.45, 2.75) is 18.8 Å². The Morgan fingerprint density at radius 3 is 2.58 bits per heavy atom. The fraction of sp³-hybridized carbons (Fsp3) is 0.304. The molecule has 5 rings (SSSR count). The highest BCUT2D eigenvalue weighted by atomic mass is 35.5. The molecular weight excluding hydrogens is 444 g/mol. The number of carbonyl (C=O) groups excluding carboxylic acids is 1. The van der Waals surface area contributed by atoms with Crippen LogP contribution in [0, 0.1) is 0 Å². The van der Waals surface area contributed by atoms with Gasteiger partial charge in [-0.05, 0) is 37.1 Å². The summed E-state index contributed by atoms with van der Waals surface area (Å²) in [6.45, 7) is 6.56. The van der Waals surface area contributed by atoms with Crippen molar-refractivity contribution in [3.63, 3.8) is 0 Å². The molecule has 1 aromatic carbocycles. The number of anilines is 3. The summed E-state index contributed by atoms with van der Waals surface area (Å²) in [6, 6.07) is 10.7. The van der Waals surface area contributed by atoms with Gasteiger partial charge in [-0.3, -0.25) is 4.79 Å². The van der Waals surface area contributed by atoms with Crippen molar-refractivity contribution in [1.82, 2.24) is 20.4 Å². The van der Waals surface area contributed by atoms with Crippen LogP contribution in [-0.4, -0.2) is 47.3 Å². The highest BCUT2D eigenvalue weighted by Crippen LogP contribution is 2.40. The number of aromatic nitrogens is 3. The number of benzene rings is 1. The van der Waals surface area contributed by atoms with E-state index in [0.717, 1.165) is 24.3 Å². The third kappa shape index (κ3) is 5.15. The van der Waals surface area contributed by atoms with E-state index in [4.69, 9.17) is 20.9 Å². The van der Waals surface area contributed by atoms with Gasteiger partial charge in [0.25, 0.3) is 5.91 Å². The van der Waals surface area contributed by atoms with Crippen molar-refractivity contribution in [1.29, 1.82) is 0 Å². The van der Waals surface area contributed by atoms with Crippen LogP contribution < -0.4 is 15.5 Å². The third-order valence-electron chi connectivity index (χ3n) is 5.44. The Bertz CT molecular complexity index is 1170. The Kier molecular flexibility index (Phi) is 5.97. The molecule has 3 heterocycles. The van der Waals surface area contributed by atoms with Crippen molar-refractivity contribution in [2.75, 3.05) is 36.5 Å². The highest BCUT2D eigenvalue weighted by molar-refractivity contribution is 6.30. The van der Waals surface area contributed by atoms with Crippen LogP contribution in [0.2, 0.25) is 5.02 Å². The first-order chi connectivity index (χ1) is 16.0. The second-order valence-corrected chi connectivity index (χ2v) is 8.43. The van der Waals surface area contributed by atoms with Crippen LogP contribution in [-0.2, 0) is 4.74 Å². The number of rotatable bonds is 7. The number of carbonyl (C=O) groups is 1. The molecule has 0 atom stereocenters. The maximum atomic E-state index is 12.7. The first-order valence-corrected chi connectivity index (χ1v) is 11.1. The van der Waals surface area contributed by atoms with Gasteiger partial charge in [0.05, 0.1) is 24.6 Å². The van der Waals surface area contributed by atoms with Gasteiger partial charge >= 0.3 is 0 Å². The average Bonchev–Trinajstić information content (AvgIpc) is 3.57. The first-order valence-electron chi connectivity index (χ1n) is 10.8. The molecule has 9 nitrogen and oxygen atoms in total. The van der Waals surface area contributed by atoms with E-state index >= 15 is 0 Å². The lowest BCUT2D eigenvalue weighted by atomic mass is 10.2. The first kappa shape index (κ1) is 21.4. The molecular formula is C23H23ClN6O3. The van der Waals surface area contributed by atoms with Gasteiger partial charge in [-0.2, -0.15) is 4.98 Å². The summed E-state index contributed by atoms with van der Waals surface area (Å²) >= 11 is 5.99. The number of hydrogen-bond donors (Lipinski definition) is 2. The largest absolute Gasteiger partial charge is 0.378 e. The molecule has 1 amide bonds. The number of ether oxygens (including phenoxy) is 1. The van der Waals surface area contributed by atoms with Crippen LogP contribution in [0.3, 0.4) is 0 Å². The molecule has 2 aliphatic rings. The van der Waals surface area contributed by atoms with Gasteiger partial charge in [0.15, 0.2) is 5.69 Å². The molecule has 0 radical (unpaired) electrons. The quantitative estimate of drug-likeness (QED) is 0.538. The van der Waals surface area contributed by atoms with E-state index in [1.807, 2.05) is 17.0 Å². The van der Waals surface area contributed by atoms with Crippen LogP contribution in [0.1, 0.15) is 40.7 Å². The number of amides is 1. The number of nitrogens with zero attached hydrogens (tertiary/aromatic N) is 4. The van der Waals surface area contributed by atoms with Gasteiger partial charge in [0, 0.05) is 41.9 Å². The SMILES string of the molecule is C=C(NC(=O)c1cc(C2CC2)on1)c1cc(Nc2ccc(Cl)cc2)nc(N2CCOCC2)n1. The molecule has 0 spiro atoms. The average molecular weight is 467 g/mol. The minimum Gasteiger partial charge on any atom is -0.378 e. The van der Waals surface area contributed by atoms with Crippen molar-refractivity contribution in [2.24, 2.45) is 0 Å². The maximum absolute atomic E-state index is 12.7. The molecule has 10 heteroatoms. The molecule has 170 valence electrons. The number of halogens is 1. The molecule has 2 aromatic heterocycles. The van der Waals surface area contributed by atoms with Crippen molar-refractivity contribution < 1.29 is 14.1 Å². The third-order valence-corrected chi connectivity index (χ3v) is 5.69. The fourth-order valence-electron chi connectivity index (χ4n) is 3.46. The molecule has 1 aliphatic carbocycles. The van der Waals surface area contributed by atoms with Crippen molar-refractivity contribution in [3.8, 4) is 0 Å². The van der Waals surface area contributed by atoms with E-state index < -0.39 is 5.91 Å². The van der Waals surface area contributed by atoms with Gasteiger partial charge in [0.2, 0.25) is 5.95 Å². The topological polar surface area (TPSA) is 105 Å². The molecule has 1 saturated carbocycles. The lowest BCUT2D eigenvalue weighted by Crippen LogP contribution is -2.37. The van der Waals surface area contributed by atoms with E-state index in [1.165, 1.54) is 0 Å². The van der Waals surface area contributed by atoms with Crippen LogP contribution in [0.5, 0.6) is 0 Å². The summed E-state index contributed by atoms with van der Waals surface area (Å²) in [5, 5.41) is 10.6. The van der Waals surface area contributed by atoms with Crippen LogP contribution in [0.25, 0.3) is 5.70 Å². The van der Waals surface area contributed by atoms with E-state index in [9.17, 15) is 4.79 Å². The Hall–Kier alpha value is -3.43. The smallest absolute Gasteiger partial charge is 0.277 e. The molecule has 2 fully saturated rings. The summed E-state index contributed by atoms with van der Waals surface area (Å²) in [7, 11) is 0. The molecule has 33 heavy (non-hydrogen) atoms. The van der Waals surface area contributed by atoms with Gasteiger partial charge in [-0.15, -0.1) is 0 Å². The minimum absolute atomic E-state index is 0.222. The normalized spacial score (nSPS) is 15.8. The maximum Gasteiger partial charge on any atom is 0.277 e. The summed E-state index contributed by atoms with van der Waals surface area (Å²) in [6.07, 6.45) is 2.13. The van der Waals surface area contributed by atoms with Crippen molar-refractivity contribution >= 4 is 40.7 Å². The second kappa shape index (κ2) is 9.21. The van der Waals surface area contributed by atoms with Crippen LogP contribution in [0.15, 0.2) is 47.5 Å². The fourth-order valence-corrected chi connectivity index (χ4v) is 3.59. The molecule has 2 N–H and O–H groups in total. The van der Waals surface area contributed by atoms with E-state index in [1.54, 1.807) is 24.3 Å². The predicted molar refractivity (Wildman–Crippen MR) is 125 cm³/mol. The monoisotopic (exact) mass is 466 g/mol. The van der Waals surface area contributed by atoms with Crippen LogP contribution in [0.4, 0.5) is 17.5 Å². The number of morpholine rings is 1. The van der Waals surface area contributed by atoms with Gasteiger partial charge in [-0.25, -0.2) is 4.98 Å². The lowest BCUT2D eigenvalue weighted by molar-refractivity contribution is 0.0964. The standard InChI is InChI=1S/C23H23ClN6O3/c1-14(25-22(31)19-12-20(33-29-19)15-2-3-15)18-13-21(26-17-6-4-16(24)5-7-17)28-23(27-18)30-8-10-32-11-9-30/h4-7,12-13,15H,1-3,8-11H2,(H,25,31)(H,26,27,28). The molecule has 0 unspecified atom stereocenters. The lowest BCUT2D eigenvalue weighted by Gasteiger charge is -2.27. The van der Waals surface area contributed by atoms with Crippen molar-refractivity contribution in [3.05, 3.63) is 65.1 Å². The molecule has 3 aromatic rings. The Morgan fingerprint density at radius 1 is 1.09 bits per heavy atom.